The third kappa shape index (κ3) is 3.48. The molecule has 0 saturated carbocycles. The van der Waals surface area contributed by atoms with E-state index < -0.39 is 5.56 Å². The first-order chi connectivity index (χ1) is 12.5. The number of benzene rings is 1. The van der Waals surface area contributed by atoms with Gasteiger partial charge in [-0.1, -0.05) is 25.1 Å². The molecular formula is C19H22N4O2S. The van der Waals surface area contributed by atoms with Gasteiger partial charge in [0, 0.05) is 35.9 Å². The number of hydrogen-bond donors (Lipinski definition) is 3. The predicted molar refractivity (Wildman–Crippen MR) is 107 cm³/mol. The Kier molecular flexibility index (Phi) is 5.37. The van der Waals surface area contributed by atoms with Crippen molar-refractivity contribution in [2.75, 3.05) is 6.54 Å². The number of rotatable bonds is 6. The van der Waals surface area contributed by atoms with E-state index >= 15 is 0 Å². The number of nitrogens with one attached hydrogen (secondary N) is 2. The number of hydrogen-bond acceptors (Lipinski definition) is 4. The van der Waals surface area contributed by atoms with Gasteiger partial charge < -0.3 is 10.1 Å². The number of para-hydroxylation sites is 1. The Morgan fingerprint density at radius 1 is 1.38 bits per heavy atom. The van der Waals surface area contributed by atoms with Crippen molar-refractivity contribution in [2.45, 2.75) is 32.7 Å². The van der Waals surface area contributed by atoms with Crippen LogP contribution < -0.4 is 5.56 Å². The molecule has 0 aliphatic heterocycles. The maximum Gasteiger partial charge on any atom is 0.264 e. The van der Waals surface area contributed by atoms with Gasteiger partial charge in [-0.3, -0.25) is 19.3 Å². The first-order valence-corrected chi connectivity index (χ1v) is 9.06. The number of aromatic nitrogens is 3. The number of H-pyrrole nitrogens is 2. The Morgan fingerprint density at radius 3 is 2.92 bits per heavy atom. The zero-order valence-electron chi connectivity index (χ0n) is 14.8. The molecule has 136 valence electrons. The molecule has 0 radical (unpaired) electrons. The highest BCUT2D eigenvalue weighted by Crippen LogP contribution is 2.20. The highest BCUT2D eigenvalue weighted by atomic mass is 32.1. The van der Waals surface area contributed by atoms with E-state index in [0.29, 0.717) is 6.54 Å². The molecule has 0 unspecified atom stereocenters. The number of aromatic amines is 2. The lowest BCUT2D eigenvalue weighted by Gasteiger charge is -2.16. The van der Waals surface area contributed by atoms with Crippen LogP contribution in [0.2, 0.25) is 0 Å². The molecule has 0 aliphatic rings. The van der Waals surface area contributed by atoms with Gasteiger partial charge in [0.15, 0.2) is 4.77 Å². The average molecular weight is 370 g/mol. The molecule has 0 bridgehead atoms. The molecule has 2 aromatic heterocycles. The maximum absolute atomic E-state index is 12.1. The molecule has 0 saturated heterocycles. The monoisotopic (exact) mass is 370 g/mol. The largest absolute Gasteiger partial charge is 0.494 e. The molecule has 0 amide bonds. The Labute approximate surface area is 156 Å². The first kappa shape index (κ1) is 18.1. The molecule has 0 aliphatic carbocycles. The van der Waals surface area contributed by atoms with Crippen molar-refractivity contribution in [3.8, 4) is 5.88 Å². The molecule has 1 aromatic carbocycles. The van der Waals surface area contributed by atoms with Gasteiger partial charge in [-0.15, -0.1) is 0 Å². The predicted octanol–water partition coefficient (Wildman–Crippen LogP) is 3.73. The second-order valence-electron chi connectivity index (χ2n) is 6.27. The van der Waals surface area contributed by atoms with Gasteiger partial charge in [-0.2, -0.15) is 0 Å². The van der Waals surface area contributed by atoms with E-state index in [-0.39, 0.29) is 22.3 Å². The van der Waals surface area contributed by atoms with Crippen LogP contribution in [0.5, 0.6) is 5.88 Å². The summed E-state index contributed by atoms with van der Waals surface area (Å²) in [6, 6.07) is 8.08. The minimum Gasteiger partial charge on any atom is -0.494 e. The van der Waals surface area contributed by atoms with Crippen LogP contribution in [-0.2, 0) is 6.42 Å². The van der Waals surface area contributed by atoms with Crippen molar-refractivity contribution in [3.63, 3.8) is 0 Å². The van der Waals surface area contributed by atoms with Crippen molar-refractivity contribution < 1.29 is 5.11 Å². The van der Waals surface area contributed by atoms with Crippen molar-refractivity contribution in [3.05, 3.63) is 56.7 Å². The van der Waals surface area contributed by atoms with Gasteiger partial charge in [-0.25, -0.2) is 0 Å². The summed E-state index contributed by atoms with van der Waals surface area (Å²) in [5.74, 6) is -0.135. The minimum atomic E-state index is -0.428. The van der Waals surface area contributed by atoms with Crippen LogP contribution >= 0.6 is 12.2 Å². The SMILES string of the molecule is CC[C@H](C)n1c(O)c(C=NCCc2c[nH]c3ccccc23)c(=O)[nH]c1=S. The minimum absolute atomic E-state index is 0.0160. The van der Waals surface area contributed by atoms with Crippen molar-refractivity contribution in [1.29, 1.82) is 0 Å². The second kappa shape index (κ2) is 7.70. The lowest BCUT2D eigenvalue weighted by atomic mass is 10.1. The molecule has 26 heavy (non-hydrogen) atoms. The summed E-state index contributed by atoms with van der Waals surface area (Å²) < 4.78 is 1.77. The third-order valence-electron chi connectivity index (χ3n) is 4.59. The fraction of sp³-hybridized carbons (Fsp3) is 0.316. The molecule has 7 heteroatoms. The van der Waals surface area contributed by atoms with E-state index in [2.05, 4.69) is 21.0 Å². The molecular weight excluding hydrogens is 348 g/mol. The summed E-state index contributed by atoms with van der Waals surface area (Å²) in [5, 5.41) is 11.6. The summed E-state index contributed by atoms with van der Waals surface area (Å²) in [7, 11) is 0. The van der Waals surface area contributed by atoms with E-state index in [1.54, 1.807) is 4.57 Å². The Bertz CT molecular complexity index is 1060. The maximum atomic E-state index is 12.1. The van der Waals surface area contributed by atoms with Crippen molar-refractivity contribution >= 4 is 29.3 Å². The van der Waals surface area contributed by atoms with E-state index in [4.69, 9.17) is 12.2 Å². The number of nitrogens with zero attached hydrogens (tertiary/aromatic N) is 2. The highest BCUT2D eigenvalue weighted by molar-refractivity contribution is 7.71. The molecule has 2 heterocycles. The zero-order chi connectivity index (χ0) is 18.7. The van der Waals surface area contributed by atoms with E-state index in [1.165, 1.54) is 17.2 Å². The number of aromatic hydroxyl groups is 1. The van der Waals surface area contributed by atoms with E-state index in [0.717, 1.165) is 18.4 Å². The smallest absolute Gasteiger partial charge is 0.264 e. The number of fused-ring (bicyclic) bond motifs is 1. The molecule has 3 aromatic rings. The van der Waals surface area contributed by atoms with Crippen molar-refractivity contribution in [2.24, 2.45) is 4.99 Å². The van der Waals surface area contributed by atoms with Crippen LogP contribution in [0.15, 0.2) is 40.2 Å². The van der Waals surface area contributed by atoms with Crippen LogP contribution in [-0.4, -0.2) is 32.4 Å². The summed E-state index contributed by atoms with van der Waals surface area (Å²) in [6.45, 7) is 4.44. The standard InChI is InChI=1S/C19H22N4O2S/c1-3-12(2)23-18(25)15(17(24)22-19(23)26)11-20-9-8-13-10-21-16-7-5-4-6-14(13)16/h4-7,10-12,21,25H,3,8-9H2,1-2H3,(H,22,24,26)/t12-/m0/s1. The Morgan fingerprint density at radius 2 is 2.15 bits per heavy atom. The summed E-state index contributed by atoms with van der Waals surface area (Å²) in [5.41, 5.74) is 1.98. The van der Waals surface area contributed by atoms with Crippen molar-refractivity contribution in [1.82, 2.24) is 14.5 Å². The summed E-state index contributed by atoms with van der Waals surface area (Å²) in [4.78, 5) is 22.3. The van der Waals surface area contributed by atoms with Crippen LogP contribution in [0.25, 0.3) is 10.9 Å². The average Bonchev–Trinajstić information content (AvgIpc) is 3.03. The summed E-state index contributed by atoms with van der Waals surface area (Å²) >= 11 is 5.16. The molecule has 6 nitrogen and oxygen atoms in total. The molecule has 0 fully saturated rings. The van der Waals surface area contributed by atoms with Crippen LogP contribution in [0.3, 0.4) is 0 Å². The molecule has 0 spiro atoms. The third-order valence-corrected chi connectivity index (χ3v) is 4.89. The van der Waals surface area contributed by atoms with Gasteiger partial charge >= 0.3 is 0 Å². The summed E-state index contributed by atoms with van der Waals surface area (Å²) in [6.07, 6.45) is 4.93. The zero-order valence-corrected chi connectivity index (χ0v) is 15.6. The lowest BCUT2D eigenvalue weighted by molar-refractivity contribution is 0.371. The Balaban J connectivity index is 1.80. The molecule has 3 rings (SSSR count). The topological polar surface area (TPSA) is 86.2 Å². The second-order valence-corrected chi connectivity index (χ2v) is 6.66. The van der Waals surface area contributed by atoms with Crippen LogP contribution in [0.4, 0.5) is 0 Å². The van der Waals surface area contributed by atoms with Gasteiger partial charge in [0.2, 0.25) is 5.88 Å². The van der Waals surface area contributed by atoms with Gasteiger partial charge in [0.1, 0.15) is 5.56 Å². The van der Waals surface area contributed by atoms with Gasteiger partial charge in [0.05, 0.1) is 0 Å². The van der Waals surface area contributed by atoms with Crippen LogP contribution in [0, 0.1) is 4.77 Å². The Hall–Kier alpha value is -2.67. The van der Waals surface area contributed by atoms with E-state index in [1.807, 2.05) is 38.2 Å². The quantitative estimate of drug-likeness (QED) is 0.456. The fourth-order valence-electron chi connectivity index (χ4n) is 2.94. The lowest BCUT2D eigenvalue weighted by Crippen LogP contribution is -2.20. The van der Waals surface area contributed by atoms with E-state index in [9.17, 15) is 9.90 Å². The molecule has 3 N–H and O–H groups in total. The number of aliphatic imine (C=N–C) groups is 1. The van der Waals surface area contributed by atoms with Gasteiger partial charge in [-0.05, 0) is 43.6 Å². The first-order valence-electron chi connectivity index (χ1n) is 8.65. The van der Waals surface area contributed by atoms with Crippen LogP contribution in [0.1, 0.15) is 37.4 Å². The van der Waals surface area contributed by atoms with Gasteiger partial charge in [0.25, 0.3) is 5.56 Å². The normalized spacial score (nSPS) is 12.8. The fourth-order valence-corrected chi connectivity index (χ4v) is 3.30. The molecule has 1 atom stereocenters. The highest BCUT2D eigenvalue weighted by Gasteiger charge is 2.14.